The lowest BCUT2D eigenvalue weighted by Crippen LogP contribution is -2.20. The average molecular weight is 255 g/mol. The van der Waals surface area contributed by atoms with Gasteiger partial charge in [0.25, 0.3) is 0 Å². The second-order valence-corrected chi connectivity index (χ2v) is 4.14. The summed E-state index contributed by atoms with van der Waals surface area (Å²) in [6.45, 7) is 0. The molecule has 1 fully saturated rings. The van der Waals surface area contributed by atoms with Crippen LogP contribution in [0, 0.1) is 0 Å². The highest BCUT2D eigenvalue weighted by atomic mass is 35.5. The van der Waals surface area contributed by atoms with Gasteiger partial charge in [0, 0.05) is 18.4 Å². The van der Waals surface area contributed by atoms with Gasteiger partial charge in [-0.15, -0.1) is 0 Å². The molecule has 0 N–H and O–H groups in total. The van der Waals surface area contributed by atoms with E-state index in [4.69, 9.17) is 21.1 Å². The van der Waals surface area contributed by atoms with Crippen LogP contribution in [0.25, 0.3) is 0 Å². The first-order valence-electron chi connectivity index (χ1n) is 5.19. The Morgan fingerprint density at radius 3 is 2.82 bits per heavy atom. The maximum atomic E-state index is 12.0. The Bertz CT molecular complexity index is 470. The monoisotopic (exact) mass is 254 g/mol. The lowest BCUT2D eigenvalue weighted by Gasteiger charge is -2.09. The van der Waals surface area contributed by atoms with Gasteiger partial charge in [0.15, 0.2) is 6.10 Å². The molecule has 1 aliphatic rings. The van der Waals surface area contributed by atoms with Gasteiger partial charge in [0.1, 0.15) is 5.75 Å². The van der Waals surface area contributed by atoms with Crippen LogP contribution in [-0.2, 0) is 9.53 Å². The van der Waals surface area contributed by atoms with Gasteiger partial charge in [-0.25, -0.2) is 0 Å². The fourth-order valence-electron chi connectivity index (χ4n) is 1.72. The number of ketones is 1. The Morgan fingerprint density at radius 1 is 1.53 bits per heavy atom. The lowest BCUT2D eigenvalue weighted by molar-refractivity contribution is -0.140. The van der Waals surface area contributed by atoms with Crippen LogP contribution in [0.1, 0.15) is 23.2 Å². The van der Waals surface area contributed by atoms with E-state index >= 15 is 0 Å². The molecule has 0 aromatic heterocycles. The van der Waals surface area contributed by atoms with Crippen LogP contribution >= 0.6 is 11.6 Å². The summed E-state index contributed by atoms with van der Waals surface area (Å²) in [5.74, 6) is -0.0463. The Balaban J connectivity index is 2.20. The molecule has 1 aromatic rings. The normalized spacial score (nSPS) is 18.9. The molecule has 17 heavy (non-hydrogen) atoms. The summed E-state index contributed by atoms with van der Waals surface area (Å²) in [6.07, 6.45) is 0.0497. The maximum absolute atomic E-state index is 12.0. The fraction of sp³-hybridized carbons (Fsp3) is 0.333. The number of Topliss-reactive ketones (excluding diaryl/α,β-unsaturated/α-hetero) is 1. The summed E-state index contributed by atoms with van der Waals surface area (Å²) in [7, 11) is 1.50. The molecule has 1 atom stereocenters. The van der Waals surface area contributed by atoms with E-state index in [2.05, 4.69) is 0 Å². The third-order valence-corrected chi connectivity index (χ3v) is 2.91. The second-order valence-electron chi connectivity index (χ2n) is 3.73. The fourth-order valence-corrected chi connectivity index (χ4v) is 1.97. The molecule has 1 saturated heterocycles. The quantitative estimate of drug-likeness (QED) is 0.613. The Hall–Kier alpha value is -1.55. The van der Waals surface area contributed by atoms with Gasteiger partial charge in [-0.1, -0.05) is 11.6 Å². The molecule has 0 spiro atoms. The molecule has 1 aliphatic heterocycles. The van der Waals surface area contributed by atoms with Crippen molar-refractivity contribution < 1.29 is 19.1 Å². The van der Waals surface area contributed by atoms with E-state index in [1.165, 1.54) is 13.2 Å². The van der Waals surface area contributed by atoms with E-state index in [-0.39, 0.29) is 11.8 Å². The summed E-state index contributed by atoms with van der Waals surface area (Å²) in [5.41, 5.74) is 0.426. The molecule has 0 radical (unpaired) electrons. The van der Waals surface area contributed by atoms with Gasteiger partial charge >= 0.3 is 5.97 Å². The first kappa shape index (κ1) is 11.9. The number of cyclic esters (lactones) is 1. The van der Waals surface area contributed by atoms with Gasteiger partial charge in [-0.3, -0.25) is 9.59 Å². The summed E-state index contributed by atoms with van der Waals surface area (Å²) >= 11 is 5.92. The molecule has 1 heterocycles. The molecule has 1 aromatic carbocycles. The van der Waals surface area contributed by atoms with Crippen molar-refractivity contribution in [3.63, 3.8) is 0 Å². The zero-order chi connectivity index (χ0) is 12.4. The van der Waals surface area contributed by atoms with Crippen LogP contribution in [0.15, 0.2) is 18.2 Å². The van der Waals surface area contributed by atoms with Crippen LogP contribution in [0.5, 0.6) is 5.75 Å². The van der Waals surface area contributed by atoms with Crippen molar-refractivity contribution >= 4 is 23.4 Å². The molecule has 0 saturated carbocycles. The van der Waals surface area contributed by atoms with Crippen molar-refractivity contribution in [3.05, 3.63) is 28.8 Å². The van der Waals surface area contributed by atoms with E-state index in [1.54, 1.807) is 12.1 Å². The van der Waals surface area contributed by atoms with Crippen molar-refractivity contribution in [1.82, 2.24) is 0 Å². The number of benzene rings is 1. The molecule has 0 aliphatic carbocycles. The van der Waals surface area contributed by atoms with Crippen LogP contribution < -0.4 is 4.74 Å². The van der Waals surface area contributed by atoms with Crippen molar-refractivity contribution in [2.45, 2.75) is 18.9 Å². The highest BCUT2D eigenvalue weighted by Crippen LogP contribution is 2.27. The van der Waals surface area contributed by atoms with E-state index in [1.807, 2.05) is 0 Å². The third kappa shape index (κ3) is 2.42. The number of methoxy groups -OCH3 is 1. The molecule has 1 unspecified atom stereocenters. The molecule has 4 nitrogen and oxygen atoms in total. The maximum Gasteiger partial charge on any atom is 0.306 e. The molecule has 90 valence electrons. The third-order valence-electron chi connectivity index (χ3n) is 2.61. The van der Waals surface area contributed by atoms with Gasteiger partial charge in [0.05, 0.1) is 12.1 Å². The summed E-state index contributed by atoms with van der Waals surface area (Å²) in [5, 5.41) is 0.364. The number of carbonyl (C=O) groups is 2. The van der Waals surface area contributed by atoms with Gasteiger partial charge < -0.3 is 9.47 Å². The predicted octanol–water partition coefficient (Wildman–Crippen LogP) is 2.24. The number of esters is 1. The highest BCUT2D eigenvalue weighted by Gasteiger charge is 2.30. The smallest absolute Gasteiger partial charge is 0.306 e. The Kier molecular flexibility index (Phi) is 3.33. The first-order chi connectivity index (χ1) is 8.11. The number of hydrogen-bond acceptors (Lipinski definition) is 4. The molecule has 0 bridgehead atoms. The number of rotatable bonds is 3. The van der Waals surface area contributed by atoms with Crippen LogP contribution in [0.2, 0.25) is 5.02 Å². The summed E-state index contributed by atoms with van der Waals surface area (Å²) in [6, 6.07) is 4.75. The van der Waals surface area contributed by atoms with Crippen molar-refractivity contribution in [3.8, 4) is 5.75 Å². The Morgan fingerprint density at radius 2 is 2.29 bits per heavy atom. The van der Waals surface area contributed by atoms with E-state index in [0.29, 0.717) is 29.2 Å². The number of ether oxygens (including phenoxy) is 2. The average Bonchev–Trinajstić information content (AvgIpc) is 2.75. The topological polar surface area (TPSA) is 52.6 Å². The summed E-state index contributed by atoms with van der Waals surface area (Å²) < 4.78 is 9.90. The van der Waals surface area contributed by atoms with Crippen molar-refractivity contribution in [2.75, 3.05) is 7.11 Å². The zero-order valence-electron chi connectivity index (χ0n) is 9.23. The highest BCUT2D eigenvalue weighted by molar-refractivity contribution is 6.32. The van der Waals surface area contributed by atoms with Crippen LogP contribution in [0.3, 0.4) is 0 Å². The van der Waals surface area contributed by atoms with E-state index in [9.17, 15) is 9.59 Å². The molecule has 5 heteroatoms. The van der Waals surface area contributed by atoms with E-state index < -0.39 is 6.10 Å². The Labute approximate surface area is 103 Å². The van der Waals surface area contributed by atoms with Crippen LogP contribution in [-0.4, -0.2) is 25.0 Å². The van der Waals surface area contributed by atoms with Crippen molar-refractivity contribution in [1.29, 1.82) is 0 Å². The molecule has 0 amide bonds. The minimum atomic E-state index is -0.674. The lowest BCUT2D eigenvalue weighted by atomic mass is 10.0. The number of carbonyl (C=O) groups excluding carboxylic acids is 2. The summed E-state index contributed by atoms with van der Waals surface area (Å²) in [4.78, 5) is 22.9. The number of hydrogen-bond donors (Lipinski definition) is 0. The molecular formula is C12H11ClO4. The second kappa shape index (κ2) is 4.75. The molecule has 2 rings (SSSR count). The van der Waals surface area contributed by atoms with Crippen LogP contribution in [0.4, 0.5) is 0 Å². The number of halogens is 1. The minimum Gasteiger partial charge on any atom is -0.495 e. The first-order valence-corrected chi connectivity index (χ1v) is 5.57. The van der Waals surface area contributed by atoms with Gasteiger partial charge in [-0.05, 0) is 18.2 Å². The SMILES string of the molecule is COc1ccc(C(=O)C2CCC(=O)O2)cc1Cl. The standard InChI is InChI=1S/C12H11ClO4/c1-16-9-3-2-7(6-8(9)13)12(15)10-4-5-11(14)17-10/h2-3,6,10H,4-5H2,1H3. The predicted molar refractivity (Wildman–Crippen MR) is 61.4 cm³/mol. The minimum absolute atomic E-state index is 0.222. The molecular weight excluding hydrogens is 244 g/mol. The van der Waals surface area contributed by atoms with E-state index in [0.717, 1.165) is 0 Å². The van der Waals surface area contributed by atoms with Gasteiger partial charge in [-0.2, -0.15) is 0 Å². The van der Waals surface area contributed by atoms with Gasteiger partial charge in [0.2, 0.25) is 5.78 Å². The van der Waals surface area contributed by atoms with Crippen molar-refractivity contribution in [2.24, 2.45) is 0 Å². The zero-order valence-corrected chi connectivity index (χ0v) is 9.99. The largest absolute Gasteiger partial charge is 0.495 e.